The SMILES string of the molecule is Fc1ccc(-c2ccc(C=C3CCN(CCCN4CCN(Cc5ccccn5)CC4)CC3)cc2)cc1. The summed E-state index contributed by atoms with van der Waals surface area (Å²) in [5.74, 6) is -0.193. The van der Waals surface area contributed by atoms with E-state index in [-0.39, 0.29) is 5.82 Å². The van der Waals surface area contributed by atoms with Crippen molar-refractivity contribution >= 4 is 6.08 Å². The van der Waals surface area contributed by atoms with Crippen LogP contribution in [-0.4, -0.2) is 72.0 Å². The van der Waals surface area contributed by atoms with Crippen LogP contribution in [0.3, 0.4) is 0 Å². The summed E-state index contributed by atoms with van der Waals surface area (Å²) < 4.78 is 13.2. The van der Waals surface area contributed by atoms with Gasteiger partial charge in [0.05, 0.1) is 5.69 Å². The maximum Gasteiger partial charge on any atom is 0.123 e. The number of pyridine rings is 1. The van der Waals surface area contributed by atoms with E-state index in [0.717, 1.165) is 56.7 Å². The number of piperidine rings is 1. The van der Waals surface area contributed by atoms with Gasteiger partial charge in [-0.05, 0) is 73.3 Å². The molecule has 2 aliphatic heterocycles. The minimum atomic E-state index is -0.193. The second-order valence-electron chi connectivity index (χ2n) is 10.1. The summed E-state index contributed by atoms with van der Waals surface area (Å²) in [6, 6.07) is 21.5. The van der Waals surface area contributed by atoms with Gasteiger partial charge in [0, 0.05) is 52.0 Å². The highest BCUT2D eigenvalue weighted by atomic mass is 19.1. The summed E-state index contributed by atoms with van der Waals surface area (Å²) in [6.45, 7) is 10.3. The molecule has 0 N–H and O–H groups in total. The molecule has 4 nitrogen and oxygen atoms in total. The molecule has 0 radical (unpaired) electrons. The molecule has 5 rings (SSSR count). The highest BCUT2D eigenvalue weighted by Gasteiger charge is 2.18. The molecule has 3 heterocycles. The third kappa shape index (κ3) is 7.10. The monoisotopic (exact) mass is 484 g/mol. The van der Waals surface area contributed by atoms with Crippen molar-refractivity contribution in [2.75, 3.05) is 52.4 Å². The number of hydrogen-bond acceptors (Lipinski definition) is 4. The Balaban J connectivity index is 0.995. The molecule has 0 spiro atoms. The van der Waals surface area contributed by atoms with Crippen LogP contribution in [0.15, 0.2) is 78.5 Å². The van der Waals surface area contributed by atoms with Gasteiger partial charge in [-0.15, -0.1) is 0 Å². The van der Waals surface area contributed by atoms with Gasteiger partial charge in [-0.2, -0.15) is 0 Å². The third-order valence-electron chi connectivity index (χ3n) is 7.48. The fraction of sp³-hybridized carbons (Fsp3) is 0.387. The lowest BCUT2D eigenvalue weighted by atomic mass is 9.99. The predicted octanol–water partition coefficient (Wildman–Crippen LogP) is 5.57. The quantitative estimate of drug-likeness (QED) is 0.417. The van der Waals surface area contributed by atoms with Gasteiger partial charge in [0.25, 0.3) is 0 Å². The average Bonchev–Trinajstić information content (AvgIpc) is 2.92. The maximum absolute atomic E-state index is 13.2. The first-order valence-electron chi connectivity index (χ1n) is 13.3. The van der Waals surface area contributed by atoms with Crippen molar-refractivity contribution in [1.82, 2.24) is 19.7 Å². The van der Waals surface area contributed by atoms with Gasteiger partial charge in [-0.1, -0.05) is 54.1 Å². The Morgan fingerprint density at radius 3 is 1.94 bits per heavy atom. The number of hydrogen-bond donors (Lipinski definition) is 0. The van der Waals surface area contributed by atoms with Gasteiger partial charge in [0.2, 0.25) is 0 Å². The van der Waals surface area contributed by atoms with E-state index in [0.29, 0.717) is 0 Å². The van der Waals surface area contributed by atoms with Gasteiger partial charge >= 0.3 is 0 Å². The van der Waals surface area contributed by atoms with E-state index in [4.69, 9.17) is 0 Å². The number of rotatable bonds is 8. The maximum atomic E-state index is 13.2. The molecule has 5 heteroatoms. The summed E-state index contributed by atoms with van der Waals surface area (Å²) in [7, 11) is 0. The Labute approximate surface area is 215 Å². The number of piperazine rings is 1. The molecular formula is C31H37FN4. The Hall–Kier alpha value is -2.86. The molecule has 2 fully saturated rings. The molecule has 36 heavy (non-hydrogen) atoms. The largest absolute Gasteiger partial charge is 0.303 e. The Morgan fingerprint density at radius 1 is 0.694 bits per heavy atom. The average molecular weight is 485 g/mol. The minimum absolute atomic E-state index is 0.193. The van der Waals surface area contributed by atoms with Gasteiger partial charge in [0.1, 0.15) is 5.82 Å². The molecular weight excluding hydrogens is 447 g/mol. The highest BCUT2D eigenvalue weighted by Crippen LogP contribution is 2.23. The smallest absolute Gasteiger partial charge is 0.123 e. The molecule has 0 atom stereocenters. The van der Waals surface area contributed by atoms with Crippen molar-refractivity contribution in [2.24, 2.45) is 0 Å². The summed E-state index contributed by atoms with van der Waals surface area (Å²) in [4.78, 5) is 12.2. The summed E-state index contributed by atoms with van der Waals surface area (Å²) in [5.41, 5.74) is 6.15. The van der Waals surface area contributed by atoms with Crippen LogP contribution >= 0.6 is 0 Å². The Morgan fingerprint density at radius 2 is 1.31 bits per heavy atom. The molecule has 2 aromatic carbocycles. The van der Waals surface area contributed by atoms with Crippen LogP contribution in [0.2, 0.25) is 0 Å². The molecule has 0 unspecified atom stereocenters. The Kier molecular flexibility index (Phi) is 8.55. The number of halogens is 1. The zero-order valence-corrected chi connectivity index (χ0v) is 21.2. The standard InChI is InChI=1S/C31H37FN4/c32-30-11-9-29(10-12-30)28-7-5-26(6-8-28)24-27-13-18-34(19-14-27)16-3-17-35-20-22-36(23-21-35)25-31-4-1-2-15-33-31/h1-2,4-12,15,24H,3,13-14,16-23,25H2. The van der Waals surface area contributed by atoms with Crippen molar-refractivity contribution in [3.63, 3.8) is 0 Å². The lowest BCUT2D eigenvalue weighted by Gasteiger charge is -2.35. The van der Waals surface area contributed by atoms with Gasteiger partial charge in [-0.25, -0.2) is 4.39 Å². The number of benzene rings is 2. The van der Waals surface area contributed by atoms with Crippen molar-refractivity contribution < 1.29 is 4.39 Å². The first kappa shape index (κ1) is 24.8. The number of aromatic nitrogens is 1. The van der Waals surface area contributed by atoms with Crippen molar-refractivity contribution in [1.29, 1.82) is 0 Å². The number of likely N-dealkylation sites (tertiary alicyclic amines) is 1. The van der Waals surface area contributed by atoms with Crippen LogP contribution < -0.4 is 0 Å². The fourth-order valence-electron chi connectivity index (χ4n) is 5.27. The zero-order chi connectivity index (χ0) is 24.6. The second kappa shape index (κ2) is 12.4. The topological polar surface area (TPSA) is 22.6 Å². The molecule has 1 aromatic heterocycles. The molecule has 0 bridgehead atoms. The summed E-state index contributed by atoms with van der Waals surface area (Å²) in [5, 5.41) is 0. The molecule has 2 aliphatic rings. The highest BCUT2D eigenvalue weighted by molar-refractivity contribution is 5.66. The van der Waals surface area contributed by atoms with Crippen LogP contribution in [0.5, 0.6) is 0 Å². The van der Waals surface area contributed by atoms with E-state index in [9.17, 15) is 4.39 Å². The van der Waals surface area contributed by atoms with Crippen molar-refractivity contribution in [2.45, 2.75) is 25.8 Å². The van der Waals surface area contributed by atoms with Crippen LogP contribution in [0.25, 0.3) is 17.2 Å². The summed E-state index contributed by atoms with van der Waals surface area (Å²) >= 11 is 0. The minimum Gasteiger partial charge on any atom is -0.303 e. The normalized spacial score (nSPS) is 17.9. The van der Waals surface area contributed by atoms with E-state index in [2.05, 4.69) is 62.2 Å². The van der Waals surface area contributed by atoms with Crippen molar-refractivity contribution in [3.8, 4) is 11.1 Å². The first-order chi connectivity index (χ1) is 17.7. The zero-order valence-electron chi connectivity index (χ0n) is 21.2. The lowest BCUT2D eigenvalue weighted by Crippen LogP contribution is -2.46. The van der Waals surface area contributed by atoms with E-state index in [1.165, 1.54) is 56.0 Å². The summed E-state index contributed by atoms with van der Waals surface area (Å²) in [6.07, 6.45) is 7.82. The third-order valence-corrected chi connectivity index (χ3v) is 7.48. The molecule has 2 saturated heterocycles. The molecule has 0 saturated carbocycles. The van der Waals surface area contributed by atoms with E-state index < -0.39 is 0 Å². The molecule has 0 aliphatic carbocycles. The van der Waals surface area contributed by atoms with E-state index in [1.54, 1.807) is 5.57 Å². The predicted molar refractivity (Wildman–Crippen MR) is 146 cm³/mol. The lowest BCUT2D eigenvalue weighted by molar-refractivity contribution is 0.120. The molecule has 188 valence electrons. The molecule has 0 amide bonds. The first-order valence-corrected chi connectivity index (χ1v) is 13.3. The van der Waals surface area contributed by atoms with Crippen LogP contribution in [-0.2, 0) is 6.54 Å². The van der Waals surface area contributed by atoms with Crippen molar-refractivity contribution in [3.05, 3.63) is 95.6 Å². The Bertz CT molecular complexity index is 1090. The van der Waals surface area contributed by atoms with Crippen LogP contribution in [0, 0.1) is 5.82 Å². The van der Waals surface area contributed by atoms with Gasteiger partial charge in [-0.3, -0.25) is 9.88 Å². The van der Waals surface area contributed by atoms with E-state index >= 15 is 0 Å². The number of nitrogens with zero attached hydrogens (tertiary/aromatic N) is 4. The van der Waals surface area contributed by atoms with Crippen LogP contribution in [0.4, 0.5) is 4.39 Å². The fourth-order valence-corrected chi connectivity index (χ4v) is 5.27. The van der Waals surface area contributed by atoms with Crippen LogP contribution in [0.1, 0.15) is 30.5 Å². The van der Waals surface area contributed by atoms with Gasteiger partial charge in [0.15, 0.2) is 0 Å². The molecule has 3 aromatic rings. The van der Waals surface area contributed by atoms with Gasteiger partial charge < -0.3 is 9.80 Å². The van der Waals surface area contributed by atoms with E-state index in [1.807, 2.05) is 24.4 Å². The second-order valence-corrected chi connectivity index (χ2v) is 10.1.